The molecule has 9 heteroatoms. The number of amides is 1. The lowest BCUT2D eigenvalue weighted by Gasteiger charge is -2.32. The summed E-state index contributed by atoms with van der Waals surface area (Å²) in [5, 5.41) is 4.95. The highest BCUT2D eigenvalue weighted by molar-refractivity contribution is 7.34. The van der Waals surface area contributed by atoms with Gasteiger partial charge in [0.25, 0.3) is 11.5 Å². The normalized spacial score (nSPS) is 17.7. The Labute approximate surface area is 265 Å². The summed E-state index contributed by atoms with van der Waals surface area (Å²) in [5.74, 6) is 1.64. The molecule has 0 bridgehead atoms. The fourth-order valence-corrected chi connectivity index (χ4v) is 6.83. The number of rotatable bonds is 6. The zero-order valence-corrected chi connectivity index (χ0v) is 27.7. The molecule has 0 N–H and O–H groups in total. The first-order valence-electron chi connectivity index (χ1n) is 15.4. The van der Waals surface area contributed by atoms with Gasteiger partial charge in [-0.1, -0.05) is 45.0 Å². The van der Waals surface area contributed by atoms with E-state index in [1.807, 2.05) is 77.1 Å². The molecule has 2 fully saturated rings. The number of allylic oxidation sites excluding steroid dienone is 3. The number of benzene rings is 2. The maximum absolute atomic E-state index is 15.3. The molecule has 2 aromatic carbocycles. The van der Waals surface area contributed by atoms with Gasteiger partial charge in [-0.2, -0.15) is 9.78 Å². The maximum atomic E-state index is 15.3. The van der Waals surface area contributed by atoms with Crippen LogP contribution in [-0.2, 0) is 16.8 Å². The van der Waals surface area contributed by atoms with Crippen LogP contribution in [0.25, 0.3) is 22.0 Å². The summed E-state index contributed by atoms with van der Waals surface area (Å²) in [5.41, 5.74) is 6.00. The molecule has 2 aliphatic heterocycles. The number of carbonyl (C=O) groups excluding carboxylic acids is 1. The van der Waals surface area contributed by atoms with Crippen molar-refractivity contribution in [3.63, 3.8) is 0 Å². The van der Waals surface area contributed by atoms with Crippen molar-refractivity contribution in [3.8, 4) is 5.69 Å². The van der Waals surface area contributed by atoms with Crippen LogP contribution >= 0.6 is 8.19 Å². The Morgan fingerprint density at radius 2 is 1.82 bits per heavy atom. The van der Waals surface area contributed by atoms with Crippen molar-refractivity contribution in [2.24, 2.45) is 0 Å². The van der Waals surface area contributed by atoms with Crippen LogP contribution in [0.15, 0.2) is 77.1 Å². The highest BCUT2D eigenvalue weighted by atomic mass is 31.0. The van der Waals surface area contributed by atoms with Crippen molar-refractivity contribution in [1.29, 1.82) is 0 Å². The summed E-state index contributed by atoms with van der Waals surface area (Å²) in [7, 11) is 3.16. The quantitative estimate of drug-likeness (QED) is 0.175. The van der Waals surface area contributed by atoms with Gasteiger partial charge in [0.05, 0.1) is 22.7 Å². The first-order chi connectivity index (χ1) is 21.5. The second-order valence-electron chi connectivity index (χ2n) is 13.0. The van der Waals surface area contributed by atoms with Gasteiger partial charge in [-0.15, -0.1) is 0 Å². The van der Waals surface area contributed by atoms with Crippen LogP contribution < -0.4 is 10.5 Å². The molecular formula is C36H39FN5O2P. The molecule has 0 aliphatic carbocycles. The second kappa shape index (κ2) is 12.1. The van der Waals surface area contributed by atoms with E-state index in [-0.39, 0.29) is 16.7 Å². The average Bonchev–Trinajstić information content (AvgIpc) is 3.65. The molecule has 7 nitrogen and oxygen atoms in total. The van der Waals surface area contributed by atoms with Crippen LogP contribution in [0.1, 0.15) is 49.9 Å². The lowest BCUT2D eigenvalue weighted by atomic mass is 9.86. The summed E-state index contributed by atoms with van der Waals surface area (Å²) < 4.78 is 16.6. The van der Waals surface area contributed by atoms with Crippen molar-refractivity contribution in [2.45, 2.75) is 46.6 Å². The fourth-order valence-electron chi connectivity index (χ4n) is 5.89. The number of piperazine rings is 1. The minimum atomic E-state index is -0.548. The summed E-state index contributed by atoms with van der Waals surface area (Å²) in [6.45, 7) is 15.1. The molecule has 0 atom stereocenters. The van der Waals surface area contributed by atoms with E-state index in [1.165, 1.54) is 16.3 Å². The van der Waals surface area contributed by atoms with Crippen molar-refractivity contribution in [1.82, 2.24) is 19.6 Å². The topological polar surface area (TPSA) is 61.5 Å². The first-order valence-corrected chi connectivity index (χ1v) is 16.3. The molecule has 6 rings (SSSR count). The van der Waals surface area contributed by atoms with Gasteiger partial charge in [0.1, 0.15) is 11.5 Å². The molecule has 0 radical (unpaired) electrons. The average molecular weight is 624 g/mol. The van der Waals surface area contributed by atoms with Gasteiger partial charge in [0.15, 0.2) is 0 Å². The van der Waals surface area contributed by atoms with Crippen molar-refractivity contribution >= 4 is 35.9 Å². The molecule has 4 aromatic rings. The SMILES string of the molecule is C/C=C(\C=C1/C(=O)N1c1ccc(CN2CCN(C)CC2)cp1)c1cccc(-n2ncc3cc(C(C)(C)C)cc(F)c3c2=O)c1C. The number of hydrogen-bond donors (Lipinski definition) is 0. The number of likely N-dealkylation sites (N-methyl/N-ethyl adjacent to an activating group) is 1. The number of nitrogens with zero attached hydrogens (tertiary/aromatic N) is 5. The van der Waals surface area contributed by atoms with Gasteiger partial charge in [-0.05, 0) is 98.5 Å². The smallest absolute Gasteiger partial charge is 0.282 e. The molecule has 2 aliphatic rings. The van der Waals surface area contributed by atoms with Crippen LogP contribution in [0.3, 0.4) is 0 Å². The van der Waals surface area contributed by atoms with E-state index in [0.29, 0.717) is 16.8 Å². The lowest BCUT2D eigenvalue weighted by Crippen LogP contribution is -2.43. The van der Waals surface area contributed by atoms with Crippen LogP contribution in [0.5, 0.6) is 0 Å². The number of anilines is 1. The molecule has 0 spiro atoms. The monoisotopic (exact) mass is 623 g/mol. The molecule has 1 amide bonds. The van der Waals surface area contributed by atoms with Crippen molar-refractivity contribution in [3.05, 3.63) is 111 Å². The minimum Gasteiger partial charge on any atom is -0.304 e. The third-order valence-corrected chi connectivity index (χ3v) is 9.88. The van der Waals surface area contributed by atoms with Gasteiger partial charge in [0.2, 0.25) is 0 Å². The zero-order valence-electron chi connectivity index (χ0n) is 26.8. The van der Waals surface area contributed by atoms with Crippen LogP contribution in [0.4, 0.5) is 9.81 Å². The summed E-state index contributed by atoms with van der Waals surface area (Å²) >= 11 is 0. The minimum absolute atomic E-state index is 0.0104. The predicted octanol–water partition coefficient (Wildman–Crippen LogP) is 6.79. The van der Waals surface area contributed by atoms with Gasteiger partial charge in [0, 0.05) is 38.1 Å². The largest absolute Gasteiger partial charge is 0.304 e. The van der Waals surface area contributed by atoms with E-state index < -0.39 is 11.4 Å². The second-order valence-corrected chi connectivity index (χ2v) is 14.0. The van der Waals surface area contributed by atoms with E-state index in [1.54, 1.807) is 11.1 Å². The van der Waals surface area contributed by atoms with Crippen LogP contribution in [-0.4, -0.2) is 58.7 Å². The number of aromatic nitrogens is 2. The van der Waals surface area contributed by atoms with Gasteiger partial charge in [-0.25, -0.2) is 4.39 Å². The Balaban J connectivity index is 1.26. The summed E-state index contributed by atoms with van der Waals surface area (Å²) in [4.78, 5) is 33.1. The van der Waals surface area contributed by atoms with Gasteiger partial charge >= 0.3 is 0 Å². The van der Waals surface area contributed by atoms with E-state index in [4.69, 9.17) is 0 Å². The predicted molar refractivity (Wildman–Crippen MR) is 182 cm³/mol. The summed E-state index contributed by atoms with van der Waals surface area (Å²) in [6, 6.07) is 13.1. The Morgan fingerprint density at radius 3 is 2.49 bits per heavy atom. The highest BCUT2D eigenvalue weighted by Crippen LogP contribution is 2.40. The van der Waals surface area contributed by atoms with E-state index >= 15 is 4.39 Å². The molecule has 45 heavy (non-hydrogen) atoms. The van der Waals surface area contributed by atoms with E-state index in [9.17, 15) is 9.59 Å². The van der Waals surface area contributed by atoms with Gasteiger partial charge in [-0.3, -0.25) is 19.4 Å². The number of carbonyl (C=O) groups is 1. The van der Waals surface area contributed by atoms with Crippen LogP contribution in [0, 0.1) is 12.7 Å². The number of fused-ring (bicyclic) bond motifs is 1. The third kappa shape index (κ3) is 6.15. The van der Waals surface area contributed by atoms with E-state index in [0.717, 1.165) is 68.6 Å². The Morgan fingerprint density at radius 1 is 1.07 bits per heavy atom. The Hall–Kier alpha value is -3.97. The number of hydrogen-bond acceptors (Lipinski definition) is 5. The zero-order chi connectivity index (χ0) is 32.0. The van der Waals surface area contributed by atoms with Gasteiger partial charge < -0.3 is 4.90 Å². The molecule has 2 saturated heterocycles. The van der Waals surface area contributed by atoms with Crippen LogP contribution in [0.2, 0.25) is 0 Å². The summed E-state index contributed by atoms with van der Waals surface area (Å²) in [6.07, 6.45) is 5.42. The molecule has 232 valence electrons. The highest BCUT2D eigenvalue weighted by Gasteiger charge is 2.41. The Kier molecular flexibility index (Phi) is 8.33. The standard InChI is InChI=1S/C36H39FN5O2P/c1-7-25(18-31-34(43)41(31)32-12-11-24(22-45-32)21-40-15-13-39(6)14-16-40)28-9-8-10-30(23(28)2)42-35(44)33-26(20-38-42)17-27(19-29(33)37)36(3,4)5/h7-12,17-20,22H,13-16,21H2,1-6H3/b25-7+,31-18+. The molecule has 2 aromatic heterocycles. The molecule has 0 saturated carbocycles. The number of halogens is 1. The molecule has 0 unspecified atom stereocenters. The first kappa shape index (κ1) is 31.0. The van der Waals surface area contributed by atoms with Crippen molar-refractivity contribution < 1.29 is 9.18 Å². The maximum Gasteiger partial charge on any atom is 0.282 e. The van der Waals surface area contributed by atoms with E-state index in [2.05, 4.69) is 33.8 Å². The Bertz CT molecular complexity index is 1920. The third-order valence-electron chi connectivity index (χ3n) is 8.81. The lowest BCUT2D eigenvalue weighted by molar-refractivity contribution is -0.108. The molecule has 4 heterocycles. The fraction of sp³-hybridized carbons (Fsp3) is 0.333. The van der Waals surface area contributed by atoms with Crippen molar-refractivity contribution in [2.75, 3.05) is 38.1 Å². The molecular weight excluding hydrogens is 584 g/mol.